The van der Waals surface area contributed by atoms with Crippen LogP contribution in [0.5, 0.6) is 0 Å². The van der Waals surface area contributed by atoms with Crippen molar-refractivity contribution in [3.05, 3.63) is 92.2 Å². The van der Waals surface area contributed by atoms with Crippen LogP contribution in [-0.4, -0.2) is 5.75 Å². The van der Waals surface area contributed by atoms with Gasteiger partial charge in [0.2, 0.25) is 0 Å². The molecule has 2 unspecified atom stereocenters. The van der Waals surface area contributed by atoms with Crippen LogP contribution in [0, 0.1) is 6.92 Å². The number of aryl methyl sites for hydroxylation is 3. The maximum absolute atomic E-state index is 2.49. The molecule has 1 aliphatic heterocycles. The molecule has 0 bridgehead atoms. The van der Waals surface area contributed by atoms with Crippen molar-refractivity contribution in [3.8, 4) is 0 Å². The average Bonchev–Trinajstić information content (AvgIpc) is 3.29. The number of allylic oxidation sites excluding steroid dienone is 4. The molecule has 0 radical (unpaired) electrons. The summed E-state index contributed by atoms with van der Waals surface area (Å²) in [5.74, 6) is 2.56. The van der Waals surface area contributed by atoms with Gasteiger partial charge in [-0.05, 0) is 64.8 Å². The highest BCUT2D eigenvalue weighted by Crippen LogP contribution is 2.61. The van der Waals surface area contributed by atoms with Crippen LogP contribution in [-0.2, 0) is 12.8 Å². The Bertz CT molecular complexity index is 1110. The number of hydrogen-bond acceptors (Lipinski definition) is 2. The molecule has 0 nitrogen and oxygen atoms in total. The topological polar surface area (TPSA) is 0 Å². The summed E-state index contributed by atoms with van der Waals surface area (Å²) in [6.45, 7) is 2.16. The van der Waals surface area contributed by atoms with Crippen LogP contribution in [0.25, 0.3) is 10.1 Å². The SMILES string of the molecule is Cc1ccc(CCc2cc3ccc4c(c3s2)C2C=CC3=C(SCC3)C42)cc1. The Kier molecular flexibility index (Phi) is 3.67. The largest absolute Gasteiger partial charge is 0.140 e. The third kappa shape index (κ3) is 2.50. The van der Waals surface area contributed by atoms with E-state index in [9.17, 15) is 0 Å². The van der Waals surface area contributed by atoms with E-state index in [-0.39, 0.29) is 0 Å². The Hall–Kier alpha value is -1.77. The van der Waals surface area contributed by atoms with Crippen molar-refractivity contribution in [2.45, 2.75) is 38.0 Å². The predicted molar refractivity (Wildman–Crippen MR) is 119 cm³/mol. The highest BCUT2D eigenvalue weighted by Gasteiger charge is 2.43. The molecule has 134 valence electrons. The van der Waals surface area contributed by atoms with Crippen molar-refractivity contribution in [1.29, 1.82) is 0 Å². The molecule has 2 atom stereocenters. The second-order valence-electron chi connectivity index (χ2n) is 8.04. The fraction of sp³-hybridized carbons (Fsp3) is 0.280. The zero-order chi connectivity index (χ0) is 18.0. The molecule has 27 heavy (non-hydrogen) atoms. The maximum atomic E-state index is 2.49. The summed E-state index contributed by atoms with van der Waals surface area (Å²) in [5, 5.41) is 1.45. The van der Waals surface area contributed by atoms with E-state index in [1.807, 2.05) is 11.3 Å². The molecule has 0 fully saturated rings. The number of benzene rings is 2. The van der Waals surface area contributed by atoms with Crippen LogP contribution >= 0.6 is 23.1 Å². The van der Waals surface area contributed by atoms with Crippen molar-refractivity contribution in [2.75, 3.05) is 5.75 Å². The van der Waals surface area contributed by atoms with Gasteiger partial charge in [0.1, 0.15) is 0 Å². The van der Waals surface area contributed by atoms with Crippen LogP contribution in [0.1, 0.15) is 45.4 Å². The van der Waals surface area contributed by atoms with Gasteiger partial charge in [-0.15, -0.1) is 23.1 Å². The average molecular weight is 387 g/mol. The van der Waals surface area contributed by atoms with Gasteiger partial charge >= 0.3 is 0 Å². The summed E-state index contributed by atoms with van der Waals surface area (Å²) in [4.78, 5) is 3.20. The molecule has 3 aromatic rings. The fourth-order valence-electron chi connectivity index (χ4n) is 4.89. The monoisotopic (exact) mass is 386 g/mol. The number of fused-ring (bicyclic) bond motifs is 7. The lowest BCUT2D eigenvalue weighted by Gasteiger charge is -2.41. The third-order valence-corrected chi connectivity index (χ3v) is 8.83. The first-order valence-electron chi connectivity index (χ1n) is 9.93. The van der Waals surface area contributed by atoms with Gasteiger partial charge in [0.25, 0.3) is 0 Å². The zero-order valence-electron chi connectivity index (χ0n) is 15.5. The molecule has 2 heterocycles. The lowest BCUT2D eigenvalue weighted by molar-refractivity contribution is 0.633. The molecule has 1 aromatic heterocycles. The van der Waals surface area contributed by atoms with Crippen LogP contribution in [0.4, 0.5) is 0 Å². The van der Waals surface area contributed by atoms with Gasteiger partial charge in [0, 0.05) is 27.2 Å². The zero-order valence-corrected chi connectivity index (χ0v) is 17.1. The van der Waals surface area contributed by atoms with Crippen molar-refractivity contribution >= 4 is 33.2 Å². The van der Waals surface area contributed by atoms with E-state index in [2.05, 4.69) is 73.3 Å². The van der Waals surface area contributed by atoms with Gasteiger partial charge in [-0.2, -0.15) is 0 Å². The van der Waals surface area contributed by atoms with E-state index in [1.165, 1.54) is 33.6 Å². The van der Waals surface area contributed by atoms with E-state index in [0.29, 0.717) is 11.8 Å². The Labute approximate surface area is 169 Å². The quantitative estimate of drug-likeness (QED) is 0.461. The van der Waals surface area contributed by atoms with Crippen LogP contribution < -0.4 is 0 Å². The van der Waals surface area contributed by atoms with E-state index < -0.39 is 0 Å². The summed E-state index contributed by atoms with van der Waals surface area (Å²) >= 11 is 4.14. The molecular formula is C25H22S2. The Morgan fingerprint density at radius 3 is 2.81 bits per heavy atom. The molecular weight excluding hydrogens is 364 g/mol. The summed E-state index contributed by atoms with van der Waals surface area (Å²) in [6, 6.07) is 16.2. The molecule has 0 N–H and O–H groups in total. The second-order valence-corrected chi connectivity index (χ2v) is 10.3. The molecule has 0 spiro atoms. The Balaban J connectivity index is 1.32. The highest BCUT2D eigenvalue weighted by molar-refractivity contribution is 8.03. The van der Waals surface area contributed by atoms with Crippen LogP contribution in [0.2, 0.25) is 0 Å². The van der Waals surface area contributed by atoms with E-state index >= 15 is 0 Å². The van der Waals surface area contributed by atoms with Gasteiger partial charge in [0.05, 0.1) is 0 Å². The number of thioether (sulfide) groups is 1. The van der Waals surface area contributed by atoms with Gasteiger partial charge in [0.15, 0.2) is 0 Å². The molecule has 2 heteroatoms. The Morgan fingerprint density at radius 2 is 1.93 bits per heavy atom. The summed E-state index contributed by atoms with van der Waals surface area (Å²) in [7, 11) is 0. The van der Waals surface area contributed by atoms with Gasteiger partial charge in [-0.3, -0.25) is 0 Å². The van der Waals surface area contributed by atoms with Crippen molar-refractivity contribution in [1.82, 2.24) is 0 Å². The summed E-state index contributed by atoms with van der Waals surface area (Å²) in [5.41, 5.74) is 7.62. The lowest BCUT2D eigenvalue weighted by Crippen LogP contribution is -2.25. The van der Waals surface area contributed by atoms with Crippen molar-refractivity contribution in [3.63, 3.8) is 0 Å². The predicted octanol–water partition coefficient (Wildman–Crippen LogP) is 7.14. The molecule has 2 aromatic carbocycles. The minimum atomic E-state index is 0.622. The van der Waals surface area contributed by atoms with Gasteiger partial charge in [-0.25, -0.2) is 0 Å². The number of hydrogen-bond donors (Lipinski definition) is 0. The first kappa shape index (κ1) is 16.2. The van der Waals surface area contributed by atoms with Crippen molar-refractivity contribution in [2.24, 2.45) is 0 Å². The van der Waals surface area contributed by atoms with E-state index in [4.69, 9.17) is 0 Å². The minimum Gasteiger partial charge on any atom is -0.140 e. The lowest BCUT2D eigenvalue weighted by atomic mass is 9.65. The van der Waals surface area contributed by atoms with Crippen LogP contribution in [0.3, 0.4) is 0 Å². The molecule has 2 aliphatic carbocycles. The maximum Gasteiger partial charge on any atom is 0.0387 e. The standard InChI is InChI=1S/C25H22S2/c1-15-2-4-16(5-3-15)6-9-19-14-18-8-11-21-22-20(23(21)25(18)27-19)10-7-17-12-13-26-24(17)22/h2-5,7-8,10-11,14,20,22H,6,9,12-13H2,1H3. The highest BCUT2D eigenvalue weighted by atomic mass is 32.2. The summed E-state index contributed by atoms with van der Waals surface area (Å²) in [6.07, 6.45) is 8.45. The van der Waals surface area contributed by atoms with Gasteiger partial charge in [-0.1, -0.05) is 54.1 Å². The first-order chi connectivity index (χ1) is 13.3. The smallest absolute Gasteiger partial charge is 0.0387 e. The van der Waals surface area contributed by atoms with Gasteiger partial charge < -0.3 is 0 Å². The Morgan fingerprint density at radius 1 is 1.04 bits per heavy atom. The first-order valence-corrected chi connectivity index (χ1v) is 11.7. The molecule has 0 saturated carbocycles. The molecule has 0 saturated heterocycles. The molecule has 0 amide bonds. The van der Waals surface area contributed by atoms with E-state index in [1.54, 1.807) is 26.3 Å². The molecule has 6 rings (SSSR count). The summed E-state index contributed by atoms with van der Waals surface area (Å²) < 4.78 is 1.55. The fourth-order valence-corrected chi connectivity index (χ4v) is 7.50. The second kappa shape index (κ2) is 6.12. The third-order valence-electron chi connectivity index (χ3n) is 6.35. The number of thiophene rings is 1. The van der Waals surface area contributed by atoms with Crippen LogP contribution in [0.15, 0.2) is 65.1 Å². The normalized spacial score (nSPS) is 22.6. The number of rotatable bonds is 3. The van der Waals surface area contributed by atoms with Crippen molar-refractivity contribution < 1.29 is 0 Å². The van der Waals surface area contributed by atoms with E-state index in [0.717, 1.165) is 12.8 Å². The molecule has 3 aliphatic rings. The minimum absolute atomic E-state index is 0.622.